The number of fused-ring (bicyclic) bond motifs is 1. The van der Waals surface area contributed by atoms with Crippen LogP contribution in [0.5, 0.6) is 0 Å². The molecule has 0 atom stereocenters. The largest absolute Gasteiger partial charge is 0.360 e. The Balaban J connectivity index is 0.000000576. The van der Waals surface area contributed by atoms with Crippen LogP contribution >= 0.6 is 0 Å². The van der Waals surface area contributed by atoms with Gasteiger partial charge in [-0.05, 0) is 31.5 Å². The number of likely N-dealkylation sites (N-methyl/N-ethyl adjacent to an activating group) is 1. The number of H-pyrrole nitrogens is 1. The molecule has 4 rings (SSSR count). The average molecular weight is 580 g/mol. The van der Waals surface area contributed by atoms with E-state index >= 15 is 0 Å². The van der Waals surface area contributed by atoms with Crippen molar-refractivity contribution in [3.05, 3.63) is 71.5 Å². The number of para-hydroxylation sites is 1. The molecule has 1 aliphatic heterocycles. The highest BCUT2D eigenvalue weighted by molar-refractivity contribution is 6.44. The Morgan fingerprint density at radius 2 is 1.64 bits per heavy atom. The second-order valence-corrected chi connectivity index (χ2v) is 9.43. The summed E-state index contributed by atoms with van der Waals surface area (Å²) < 4.78 is 0. The maximum Gasteiger partial charge on any atom is 0.295 e. The first kappa shape index (κ1) is 36.0. The number of aromatic amines is 1. The van der Waals surface area contributed by atoms with E-state index in [4.69, 9.17) is 0 Å². The van der Waals surface area contributed by atoms with Crippen LogP contribution in [0, 0.1) is 6.92 Å². The van der Waals surface area contributed by atoms with E-state index in [2.05, 4.69) is 29.5 Å². The smallest absolute Gasteiger partial charge is 0.295 e. The van der Waals surface area contributed by atoms with Gasteiger partial charge in [-0.25, -0.2) is 0 Å². The van der Waals surface area contributed by atoms with E-state index < -0.39 is 11.7 Å². The molecule has 9 nitrogen and oxygen atoms in total. The predicted molar refractivity (Wildman–Crippen MR) is 171 cm³/mol. The van der Waals surface area contributed by atoms with Gasteiger partial charge >= 0.3 is 0 Å². The molecule has 1 fully saturated rings. The number of aryl methyl sites for hydroxylation is 1. The maximum absolute atomic E-state index is 12.8. The van der Waals surface area contributed by atoms with Gasteiger partial charge in [-0.3, -0.25) is 19.2 Å². The molecule has 1 aromatic carbocycles. The molecule has 9 heteroatoms. The minimum absolute atomic E-state index is 0.0320. The van der Waals surface area contributed by atoms with Crippen molar-refractivity contribution in [2.45, 2.75) is 54.4 Å². The monoisotopic (exact) mass is 579 g/mol. The number of carbonyl (C=O) groups excluding carboxylic acids is 4. The van der Waals surface area contributed by atoms with Crippen molar-refractivity contribution in [3.63, 3.8) is 0 Å². The second kappa shape index (κ2) is 20.8. The van der Waals surface area contributed by atoms with Gasteiger partial charge in [0.2, 0.25) is 6.41 Å². The first-order valence-corrected chi connectivity index (χ1v) is 15.0. The minimum atomic E-state index is -0.516. The number of ketones is 1. The molecule has 3 N–H and O–H groups in total. The van der Waals surface area contributed by atoms with Crippen LogP contribution in [0.3, 0.4) is 0 Å². The Labute approximate surface area is 251 Å². The summed E-state index contributed by atoms with van der Waals surface area (Å²) in [7, 11) is 0. The number of hydrogen-bond donors (Lipinski definition) is 3. The molecular weight excluding hydrogens is 530 g/mol. The number of allylic oxidation sites excluding steroid dienone is 4. The van der Waals surface area contributed by atoms with Gasteiger partial charge in [0.15, 0.2) is 0 Å². The fourth-order valence-corrected chi connectivity index (χ4v) is 4.18. The number of aromatic nitrogens is 1. The number of piperazine rings is 1. The topological polar surface area (TPSA) is 115 Å². The number of hydrogen-bond acceptors (Lipinski definition) is 5. The summed E-state index contributed by atoms with van der Waals surface area (Å²) in [6.45, 7) is 16.3. The van der Waals surface area contributed by atoms with Crippen LogP contribution in [0.15, 0.2) is 60.3 Å². The highest BCUT2D eigenvalue weighted by Gasteiger charge is 2.30. The lowest BCUT2D eigenvalue weighted by Crippen LogP contribution is -2.52. The Bertz CT molecular complexity index is 1220. The Hall–Kier alpha value is -3.98. The number of nitrogens with zero attached hydrogens (tertiary/aromatic N) is 2. The molecule has 2 aliphatic rings. The van der Waals surface area contributed by atoms with E-state index in [0.717, 1.165) is 42.5 Å². The lowest BCUT2D eigenvalue weighted by Gasteiger charge is -2.34. The van der Waals surface area contributed by atoms with Crippen LogP contribution in [0.25, 0.3) is 10.9 Å². The van der Waals surface area contributed by atoms with E-state index in [1.807, 2.05) is 76.3 Å². The van der Waals surface area contributed by atoms with Crippen LogP contribution in [-0.2, 0) is 14.4 Å². The third-order valence-electron chi connectivity index (χ3n) is 6.24. The number of rotatable bonds is 8. The minimum Gasteiger partial charge on any atom is -0.360 e. The van der Waals surface area contributed by atoms with E-state index in [9.17, 15) is 19.2 Å². The Morgan fingerprint density at radius 3 is 2.29 bits per heavy atom. The second-order valence-electron chi connectivity index (χ2n) is 9.43. The van der Waals surface area contributed by atoms with Gasteiger partial charge in [-0.1, -0.05) is 83.5 Å². The lowest BCUT2D eigenvalue weighted by molar-refractivity contribution is -0.134. The van der Waals surface area contributed by atoms with Gasteiger partial charge in [0.1, 0.15) is 0 Å². The predicted octanol–water partition coefficient (Wildman–Crippen LogP) is 4.56. The summed E-state index contributed by atoms with van der Waals surface area (Å²) in [4.78, 5) is 54.3. The van der Waals surface area contributed by atoms with Crippen LogP contribution in [-0.4, -0.2) is 84.6 Å². The zero-order chi connectivity index (χ0) is 31.3. The van der Waals surface area contributed by atoms with Gasteiger partial charge in [0.25, 0.3) is 17.6 Å². The van der Waals surface area contributed by atoms with E-state index in [0.29, 0.717) is 43.7 Å². The van der Waals surface area contributed by atoms with Gasteiger partial charge in [-0.15, -0.1) is 0 Å². The van der Waals surface area contributed by atoms with Gasteiger partial charge in [-0.2, -0.15) is 0 Å². The molecule has 42 heavy (non-hydrogen) atoms. The first-order valence-electron chi connectivity index (χ1n) is 15.0. The Morgan fingerprint density at radius 1 is 0.976 bits per heavy atom. The SMILES string of the molecule is CC.CCC.CCNCCNC=O.Cc1cccc2c(C(=O)C(=O)N3CCN(C(=O)C4=CCC=CC=C4)CC3)c[nH]c12. The van der Waals surface area contributed by atoms with Crippen molar-refractivity contribution in [1.29, 1.82) is 0 Å². The summed E-state index contributed by atoms with van der Waals surface area (Å²) in [6.07, 6.45) is 13.8. The normalized spacial score (nSPS) is 13.7. The van der Waals surface area contributed by atoms with Crippen molar-refractivity contribution in [1.82, 2.24) is 25.4 Å². The third-order valence-corrected chi connectivity index (χ3v) is 6.24. The number of benzene rings is 1. The van der Waals surface area contributed by atoms with E-state index in [1.54, 1.807) is 16.0 Å². The molecule has 2 aromatic rings. The van der Waals surface area contributed by atoms with Crippen molar-refractivity contribution < 1.29 is 19.2 Å². The van der Waals surface area contributed by atoms with Crippen LogP contribution in [0.4, 0.5) is 0 Å². The maximum atomic E-state index is 12.8. The van der Waals surface area contributed by atoms with Crippen molar-refractivity contribution >= 4 is 34.9 Å². The number of Topliss-reactive ketones (excluding diaryl/α,β-unsaturated/α-hetero) is 1. The van der Waals surface area contributed by atoms with Gasteiger partial charge in [0.05, 0.1) is 5.56 Å². The molecule has 0 radical (unpaired) electrons. The van der Waals surface area contributed by atoms with Crippen molar-refractivity contribution in [2.24, 2.45) is 0 Å². The quantitative estimate of drug-likeness (QED) is 0.184. The molecule has 1 aromatic heterocycles. The summed E-state index contributed by atoms with van der Waals surface area (Å²) in [5.74, 6) is -1.06. The summed E-state index contributed by atoms with van der Waals surface area (Å²) in [6, 6.07) is 5.68. The van der Waals surface area contributed by atoms with E-state index in [-0.39, 0.29) is 5.91 Å². The number of nitrogens with one attached hydrogen (secondary N) is 3. The summed E-state index contributed by atoms with van der Waals surface area (Å²) in [5.41, 5.74) is 2.96. The number of amides is 3. The van der Waals surface area contributed by atoms with Crippen LogP contribution < -0.4 is 10.6 Å². The van der Waals surface area contributed by atoms with Crippen molar-refractivity contribution in [3.8, 4) is 0 Å². The molecule has 230 valence electrons. The molecule has 1 aliphatic carbocycles. The summed E-state index contributed by atoms with van der Waals surface area (Å²) in [5, 5.41) is 6.36. The average Bonchev–Trinajstić information content (AvgIpc) is 3.27. The Kier molecular flexibility index (Phi) is 17.9. The van der Waals surface area contributed by atoms with Crippen LogP contribution in [0.1, 0.15) is 63.4 Å². The first-order chi connectivity index (χ1) is 20.4. The van der Waals surface area contributed by atoms with Gasteiger partial charge in [0, 0.05) is 61.9 Å². The zero-order valence-corrected chi connectivity index (χ0v) is 26.2. The molecule has 0 unspecified atom stereocenters. The number of carbonyl (C=O) groups is 4. The fraction of sp³-hybridized carbons (Fsp3) is 0.455. The molecule has 1 saturated heterocycles. The molecule has 0 spiro atoms. The lowest BCUT2D eigenvalue weighted by atomic mass is 10.1. The highest BCUT2D eigenvalue weighted by Crippen LogP contribution is 2.22. The molecule has 0 bridgehead atoms. The zero-order valence-electron chi connectivity index (χ0n) is 26.2. The third kappa shape index (κ3) is 11.1. The fourth-order valence-electron chi connectivity index (χ4n) is 4.18. The molecule has 2 heterocycles. The van der Waals surface area contributed by atoms with Gasteiger partial charge < -0.3 is 25.4 Å². The molecule has 3 amide bonds. The van der Waals surface area contributed by atoms with Crippen LogP contribution in [0.2, 0.25) is 0 Å². The molecular formula is C33H49N5O4. The van der Waals surface area contributed by atoms with E-state index in [1.165, 1.54) is 6.42 Å². The van der Waals surface area contributed by atoms with Crippen molar-refractivity contribution in [2.75, 3.05) is 45.8 Å². The standard InChI is InChI=1S/C23H23N3O3.C5H12N2O.C3H8.C2H6/c1-16-7-6-10-18-19(15-24-20(16)18)21(27)23(29)26-13-11-25(12-14-26)22(28)17-8-4-2-3-5-9-17;1-2-6-3-4-7-5-8;1-3-2;1-2/h2-4,6-10,15,24H,5,11-14H2,1H3;5-6H,2-4H2,1H3,(H,7,8);3H2,1-2H3;1-2H3. The molecule has 0 saturated carbocycles. The summed E-state index contributed by atoms with van der Waals surface area (Å²) >= 11 is 0. The highest BCUT2D eigenvalue weighted by atomic mass is 16.2.